The van der Waals surface area contributed by atoms with Crippen molar-refractivity contribution in [3.05, 3.63) is 59.7 Å². The van der Waals surface area contributed by atoms with Crippen LogP contribution >= 0.6 is 0 Å². The van der Waals surface area contributed by atoms with Crippen LogP contribution in [0.3, 0.4) is 0 Å². The Balaban J connectivity index is 2.01. The van der Waals surface area contributed by atoms with Gasteiger partial charge in [-0.3, -0.25) is 4.79 Å². The predicted molar refractivity (Wildman–Crippen MR) is 90.9 cm³/mol. The first kappa shape index (κ1) is 16.7. The van der Waals surface area contributed by atoms with Crippen molar-refractivity contribution >= 4 is 22.6 Å². The molecule has 2 rings (SSSR count). The molecule has 0 aliphatic heterocycles. The van der Waals surface area contributed by atoms with Gasteiger partial charge in [-0.1, -0.05) is 48.0 Å². The van der Waals surface area contributed by atoms with E-state index in [4.69, 9.17) is 4.74 Å². The molecule has 23 heavy (non-hydrogen) atoms. The van der Waals surface area contributed by atoms with E-state index in [2.05, 4.69) is 5.32 Å². The van der Waals surface area contributed by atoms with E-state index in [1.807, 2.05) is 49.4 Å². The van der Waals surface area contributed by atoms with E-state index < -0.39 is 5.97 Å². The number of fused-ring (bicyclic) bond motifs is 1. The van der Waals surface area contributed by atoms with E-state index in [1.165, 1.54) is 6.08 Å². The Morgan fingerprint density at radius 2 is 1.83 bits per heavy atom. The molecule has 0 saturated heterocycles. The summed E-state index contributed by atoms with van der Waals surface area (Å²) in [5.41, 5.74) is 1.87. The normalized spacial score (nSPS) is 11.6. The van der Waals surface area contributed by atoms with Gasteiger partial charge < -0.3 is 10.1 Å². The molecule has 4 heteroatoms. The molecular formula is C19H21NO3. The summed E-state index contributed by atoms with van der Waals surface area (Å²) in [5, 5.41) is 5.09. The number of hydrogen-bond acceptors (Lipinski definition) is 3. The number of allylic oxidation sites excluding steroid dienone is 1. The van der Waals surface area contributed by atoms with Crippen LogP contribution in [0, 0.1) is 0 Å². The summed E-state index contributed by atoms with van der Waals surface area (Å²) in [5.74, 6) is -0.820. The van der Waals surface area contributed by atoms with Gasteiger partial charge >= 0.3 is 5.97 Å². The lowest BCUT2D eigenvalue weighted by atomic mass is 10.00. The minimum absolute atomic E-state index is 0.171. The maximum Gasteiger partial charge on any atom is 0.331 e. The maximum atomic E-state index is 11.9. The highest BCUT2D eigenvalue weighted by Crippen LogP contribution is 2.23. The van der Waals surface area contributed by atoms with Gasteiger partial charge in [0.15, 0.2) is 6.61 Å². The Bertz CT molecular complexity index is 740. The quantitative estimate of drug-likeness (QED) is 0.679. The highest BCUT2D eigenvalue weighted by atomic mass is 16.5. The van der Waals surface area contributed by atoms with Crippen LogP contribution in [0.2, 0.25) is 0 Å². The molecule has 0 aliphatic carbocycles. The van der Waals surface area contributed by atoms with Gasteiger partial charge in [-0.15, -0.1) is 0 Å². The monoisotopic (exact) mass is 311 g/mol. The molecule has 120 valence electrons. The fraction of sp³-hybridized carbons (Fsp3) is 0.263. The molecule has 1 amide bonds. The summed E-state index contributed by atoms with van der Waals surface area (Å²) >= 11 is 0. The second-order valence-corrected chi connectivity index (χ2v) is 5.69. The van der Waals surface area contributed by atoms with Gasteiger partial charge in [0.25, 0.3) is 5.91 Å². The number of benzene rings is 2. The van der Waals surface area contributed by atoms with E-state index >= 15 is 0 Å². The van der Waals surface area contributed by atoms with E-state index in [-0.39, 0.29) is 18.6 Å². The van der Waals surface area contributed by atoms with Crippen molar-refractivity contribution in [3.8, 4) is 0 Å². The molecule has 1 atom stereocenters. The molecule has 0 radical (unpaired) electrons. The number of carbonyl (C=O) groups excluding carboxylic acids is 2. The Morgan fingerprint density at radius 1 is 1.13 bits per heavy atom. The number of carbonyl (C=O) groups is 2. The van der Waals surface area contributed by atoms with Gasteiger partial charge in [0, 0.05) is 6.08 Å². The van der Waals surface area contributed by atoms with Crippen molar-refractivity contribution < 1.29 is 14.3 Å². The maximum absolute atomic E-state index is 11.9. The molecule has 0 unspecified atom stereocenters. The molecule has 0 heterocycles. The standard InChI is InChI=1S/C19H21NO3/c1-13(2)11-19(22)23-12-18(21)20-14(3)16-10-6-8-15-7-4-5-9-17(15)16/h4-11,14H,12H2,1-3H3,(H,20,21)/t14-/m1/s1. The summed E-state index contributed by atoms with van der Waals surface area (Å²) < 4.78 is 4.91. The Kier molecular flexibility index (Phi) is 5.52. The smallest absolute Gasteiger partial charge is 0.331 e. The molecule has 0 saturated carbocycles. The summed E-state index contributed by atoms with van der Waals surface area (Å²) in [6.07, 6.45) is 1.36. The van der Waals surface area contributed by atoms with E-state index in [1.54, 1.807) is 13.8 Å². The average Bonchev–Trinajstić information content (AvgIpc) is 2.51. The molecule has 2 aromatic carbocycles. The minimum atomic E-state index is -0.502. The van der Waals surface area contributed by atoms with Crippen LogP contribution < -0.4 is 5.32 Å². The van der Waals surface area contributed by atoms with Crippen LogP contribution in [0.25, 0.3) is 10.8 Å². The van der Waals surface area contributed by atoms with Gasteiger partial charge in [0.2, 0.25) is 0 Å². The van der Waals surface area contributed by atoms with Crippen molar-refractivity contribution in [2.45, 2.75) is 26.8 Å². The van der Waals surface area contributed by atoms with Crippen LogP contribution in [0.1, 0.15) is 32.4 Å². The van der Waals surface area contributed by atoms with Gasteiger partial charge in [-0.05, 0) is 37.1 Å². The lowest BCUT2D eigenvalue weighted by Gasteiger charge is -2.16. The van der Waals surface area contributed by atoms with Crippen molar-refractivity contribution in [1.29, 1.82) is 0 Å². The van der Waals surface area contributed by atoms with E-state index in [9.17, 15) is 9.59 Å². The van der Waals surface area contributed by atoms with Crippen LogP contribution in [0.15, 0.2) is 54.1 Å². The van der Waals surface area contributed by atoms with Crippen LogP contribution in [0.4, 0.5) is 0 Å². The van der Waals surface area contributed by atoms with Crippen LogP contribution in [-0.4, -0.2) is 18.5 Å². The zero-order valence-electron chi connectivity index (χ0n) is 13.6. The third-order valence-electron chi connectivity index (χ3n) is 3.42. The van der Waals surface area contributed by atoms with Crippen LogP contribution in [0.5, 0.6) is 0 Å². The summed E-state index contributed by atoms with van der Waals surface area (Å²) in [6, 6.07) is 13.8. The minimum Gasteiger partial charge on any atom is -0.452 e. The molecule has 0 spiro atoms. The Morgan fingerprint density at radius 3 is 2.57 bits per heavy atom. The summed E-state index contributed by atoms with van der Waals surface area (Å²) in [4.78, 5) is 23.4. The lowest BCUT2D eigenvalue weighted by molar-refractivity contribution is -0.144. The van der Waals surface area contributed by atoms with Gasteiger partial charge in [0.1, 0.15) is 0 Å². The number of amides is 1. The molecule has 2 aromatic rings. The van der Waals surface area contributed by atoms with Crippen LogP contribution in [-0.2, 0) is 14.3 Å². The molecule has 0 fully saturated rings. The SMILES string of the molecule is CC(C)=CC(=O)OCC(=O)N[C@H](C)c1cccc2ccccc12. The molecule has 0 bridgehead atoms. The average molecular weight is 311 g/mol. The Labute approximate surface area is 136 Å². The van der Waals surface area contributed by atoms with Gasteiger partial charge in [0.05, 0.1) is 6.04 Å². The molecule has 0 aromatic heterocycles. The topological polar surface area (TPSA) is 55.4 Å². The van der Waals surface area contributed by atoms with Crippen molar-refractivity contribution in [1.82, 2.24) is 5.32 Å². The third-order valence-corrected chi connectivity index (χ3v) is 3.42. The summed E-state index contributed by atoms with van der Waals surface area (Å²) in [6.45, 7) is 5.23. The molecule has 0 aliphatic rings. The Hall–Kier alpha value is -2.62. The van der Waals surface area contributed by atoms with Crippen molar-refractivity contribution in [2.24, 2.45) is 0 Å². The second-order valence-electron chi connectivity index (χ2n) is 5.69. The molecule has 4 nitrogen and oxygen atoms in total. The lowest BCUT2D eigenvalue weighted by Crippen LogP contribution is -2.31. The molecule has 1 N–H and O–H groups in total. The molecular weight excluding hydrogens is 290 g/mol. The fourth-order valence-electron chi connectivity index (χ4n) is 2.40. The highest BCUT2D eigenvalue weighted by Gasteiger charge is 2.13. The highest BCUT2D eigenvalue weighted by molar-refractivity contribution is 5.88. The number of nitrogens with one attached hydrogen (secondary N) is 1. The number of rotatable bonds is 5. The number of ether oxygens (including phenoxy) is 1. The van der Waals surface area contributed by atoms with Crippen molar-refractivity contribution in [2.75, 3.05) is 6.61 Å². The zero-order chi connectivity index (χ0) is 16.8. The fourth-order valence-corrected chi connectivity index (χ4v) is 2.40. The first-order valence-corrected chi connectivity index (χ1v) is 7.56. The van der Waals surface area contributed by atoms with Gasteiger partial charge in [-0.2, -0.15) is 0 Å². The first-order chi connectivity index (χ1) is 11.0. The van der Waals surface area contributed by atoms with E-state index in [0.717, 1.165) is 21.9 Å². The third kappa shape index (κ3) is 4.68. The zero-order valence-corrected chi connectivity index (χ0v) is 13.6. The first-order valence-electron chi connectivity index (χ1n) is 7.56. The second kappa shape index (κ2) is 7.58. The van der Waals surface area contributed by atoms with Gasteiger partial charge in [-0.25, -0.2) is 4.79 Å². The predicted octanol–water partition coefficient (Wildman–Crippen LogP) is 3.53. The number of hydrogen-bond donors (Lipinski definition) is 1. The summed E-state index contributed by atoms with van der Waals surface area (Å²) in [7, 11) is 0. The van der Waals surface area contributed by atoms with Crippen molar-refractivity contribution in [3.63, 3.8) is 0 Å². The van der Waals surface area contributed by atoms with E-state index in [0.29, 0.717) is 0 Å². The number of esters is 1. The largest absolute Gasteiger partial charge is 0.452 e.